The van der Waals surface area contributed by atoms with Gasteiger partial charge in [-0.25, -0.2) is 4.79 Å². The third kappa shape index (κ3) is 2.30. The van der Waals surface area contributed by atoms with Crippen molar-refractivity contribution in [3.05, 3.63) is 53.0 Å². The summed E-state index contributed by atoms with van der Waals surface area (Å²) in [5.74, 6) is -0.415. The minimum Gasteiger partial charge on any atom is -0.478 e. The molecule has 0 spiro atoms. The zero-order valence-electron chi connectivity index (χ0n) is 11.2. The number of furan rings is 1. The van der Waals surface area contributed by atoms with Gasteiger partial charge < -0.3 is 20.2 Å². The van der Waals surface area contributed by atoms with Crippen LogP contribution in [0.1, 0.15) is 32.2 Å². The molecule has 0 fully saturated rings. The van der Waals surface area contributed by atoms with E-state index < -0.39 is 5.97 Å². The van der Waals surface area contributed by atoms with E-state index in [9.17, 15) is 9.59 Å². The van der Waals surface area contributed by atoms with Gasteiger partial charge in [-0.3, -0.25) is 4.79 Å². The highest BCUT2D eigenvalue weighted by atomic mass is 16.4. The minimum atomic E-state index is -0.971. The quantitative estimate of drug-likeness (QED) is 0.894. The Bertz CT molecular complexity index is 720. The third-order valence-corrected chi connectivity index (χ3v) is 3.54. The summed E-state index contributed by atoms with van der Waals surface area (Å²) in [6.07, 6.45) is 0.632. The summed E-state index contributed by atoms with van der Waals surface area (Å²) in [5, 5.41) is 8.99. The highest BCUT2D eigenvalue weighted by Crippen LogP contribution is 2.30. The largest absolute Gasteiger partial charge is 0.478 e. The van der Waals surface area contributed by atoms with Crippen LogP contribution in [0, 0.1) is 0 Å². The molecule has 0 radical (unpaired) electrons. The zero-order valence-corrected chi connectivity index (χ0v) is 11.2. The molecular weight excluding hydrogens is 272 g/mol. The molecule has 3 N–H and O–H groups in total. The van der Waals surface area contributed by atoms with Crippen LogP contribution in [-0.2, 0) is 13.0 Å². The molecule has 1 aliphatic heterocycles. The number of hydrogen-bond acceptors (Lipinski definition) is 4. The molecule has 6 heteroatoms. The molecule has 0 saturated carbocycles. The van der Waals surface area contributed by atoms with Gasteiger partial charge in [0.25, 0.3) is 5.91 Å². The van der Waals surface area contributed by atoms with Crippen molar-refractivity contribution in [2.45, 2.75) is 13.0 Å². The molecule has 0 atom stereocenters. The van der Waals surface area contributed by atoms with Gasteiger partial charge in [0, 0.05) is 12.2 Å². The second kappa shape index (κ2) is 5.06. The van der Waals surface area contributed by atoms with Crippen LogP contribution in [0.2, 0.25) is 0 Å². The molecule has 108 valence electrons. The number of benzene rings is 1. The fourth-order valence-corrected chi connectivity index (χ4v) is 2.48. The van der Waals surface area contributed by atoms with Gasteiger partial charge in [-0.1, -0.05) is 0 Å². The number of fused-ring (bicyclic) bond motifs is 1. The Balaban J connectivity index is 1.90. The number of rotatable bonds is 3. The number of carbonyl (C=O) groups excluding carboxylic acids is 1. The van der Waals surface area contributed by atoms with Gasteiger partial charge in [0.05, 0.1) is 12.1 Å². The lowest BCUT2D eigenvalue weighted by atomic mass is 10.1. The predicted molar refractivity (Wildman–Crippen MR) is 75.4 cm³/mol. The van der Waals surface area contributed by atoms with E-state index in [2.05, 4.69) is 0 Å². The number of carboxylic acid groups (broad SMARTS) is 1. The summed E-state index contributed by atoms with van der Waals surface area (Å²) >= 11 is 0. The summed E-state index contributed by atoms with van der Waals surface area (Å²) in [5.41, 5.74) is 7.28. The molecule has 1 amide bonds. The van der Waals surface area contributed by atoms with Crippen molar-refractivity contribution in [1.82, 2.24) is 0 Å². The molecule has 1 aromatic carbocycles. The number of hydrogen-bond donors (Lipinski definition) is 2. The average Bonchev–Trinajstić information content (AvgIpc) is 3.12. The van der Waals surface area contributed by atoms with Crippen molar-refractivity contribution < 1.29 is 19.1 Å². The Labute approximate surface area is 120 Å². The normalized spacial score (nSPS) is 13.3. The molecule has 6 nitrogen and oxygen atoms in total. The number of anilines is 1. The fraction of sp³-hybridized carbons (Fsp3) is 0.200. The second-order valence-electron chi connectivity index (χ2n) is 4.83. The Kier molecular flexibility index (Phi) is 3.23. The maximum absolute atomic E-state index is 12.4. The van der Waals surface area contributed by atoms with Crippen LogP contribution in [0.4, 0.5) is 5.69 Å². The number of aromatic carboxylic acids is 1. The molecule has 3 rings (SSSR count). The van der Waals surface area contributed by atoms with Gasteiger partial charge in [0.1, 0.15) is 5.76 Å². The van der Waals surface area contributed by atoms with Crippen LogP contribution < -0.4 is 10.6 Å². The first-order valence-corrected chi connectivity index (χ1v) is 6.57. The Morgan fingerprint density at radius 1 is 1.29 bits per heavy atom. The van der Waals surface area contributed by atoms with Crippen LogP contribution in [0.3, 0.4) is 0 Å². The van der Waals surface area contributed by atoms with Crippen molar-refractivity contribution in [3.8, 4) is 0 Å². The molecule has 0 saturated heterocycles. The van der Waals surface area contributed by atoms with Crippen molar-refractivity contribution in [2.24, 2.45) is 5.73 Å². The lowest BCUT2D eigenvalue weighted by Crippen LogP contribution is -2.28. The molecule has 2 aromatic rings. The van der Waals surface area contributed by atoms with Gasteiger partial charge >= 0.3 is 5.97 Å². The smallest absolute Gasteiger partial charge is 0.335 e. The Morgan fingerprint density at radius 3 is 2.76 bits per heavy atom. The summed E-state index contributed by atoms with van der Waals surface area (Å²) in [6, 6.07) is 8.06. The monoisotopic (exact) mass is 286 g/mol. The van der Waals surface area contributed by atoms with E-state index >= 15 is 0 Å². The topological polar surface area (TPSA) is 96.8 Å². The number of nitrogens with zero attached hydrogens (tertiary/aromatic N) is 1. The van der Waals surface area contributed by atoms with Crippen molar-refractivity contribution in [3.63, 3.8) is 0 Å². The van der Waals surface area contributed by atoms with Gasteiger partial charge in [0.15, 0.2) is 5.76 Å². The van der Waals surface area contributed by atoms with Gasteiger partial charge in [-0.2, -0.15) is 0 Å². The number of carboxylic acids is 1. The van der Waals surface area contributed by atoms with Gasteiger partial charge in [-0.15, -0.1) is 0 Å². The highest BCUT2D eigenvalue weighted by molar-refractivity contribution is 6.05. The molecule has 2 heterocycles. The number of amides is 1. The molecule has 0 bridgehead atoms. The summed E-state index contributed by atoms with van der Waals surface area (Å²) in [7, 11) is 0. The fourth-order valence-electron chi connectivity index (χ4n) is 2.48. The summed E-state index contributed by atoms with van der Waals surface area (Å²) < 4.78 is 5.37. The molecule has 1 aliphatic rings. The maximum atomic E-state index is 12.4. The third-order valence-electron chi connectivity index (χ3n) is 3.54. The second-order valence-corrected chi connectivity index (χ2v) is 4.83. The van der Waals surface area contributed by atoms with E-state index in [4.69, 9.17) is 15.3 Å². The molecule has 1 aromatic heterocycles. The van der Waals surface area contributed by atoms with E-state index in [0.29, 0.717) is 18.7 Å². The summed E-state index contributed by atoms with van der Waals surface area (Å²) in [6.45, 7) is 0.752. The lowest BCUT2D eigenvalue weighted by molar-refractivity contribution is 0.0696. The van der Waals surface area contributed by atoms with E-state index in [1.165, 1.54) is 6.07 Å². The van der Waals surface area contributed by atoms with Crippen molar-refractivity contribution in [2.75, 3.05) is 11.4 Å². The first-order chi connectivity index (χ1) is 10.1. The molecule has 0 aliphatic carbocycles. The number of nitrogens with two attached hydrogens (primary N) is 1. The van der Waals surface area contributed by atoms with Crippen LogP contribution in [0.15, 0.2) is 34.7 Å². The molecule has 21 heavy (non-hydrogen) atoms. The lowest BCUT2D eigenvalue weighted by Gasteiger charge is -2.15. The first-order valence-electron chi connectivity index (χ1n) is 6.57. The van der Waals surface area contributed by atoms with E-state index in [-0.39, 0.29) is 23.8 Å². The molecular formula is C15H14N2O4. The standard InChI is InChI=1S/C15H14N2O4/c16-8-11-2-4-13(21-11)14(18)17-6-5-9-7-10(15(19)20)1-3-12(9)17/h1-4,7H,5-6,8,16H2,(H,19,20). The van der Waals surface area contributed by atoms with E-state index in [1.54, 1.807) is 29.2 Å². The highest BCUT2D eigenvalue weighted by Gasteiger charge is 2.28. The van der Waals surface area contributed by atoms with E-state index in [1.807, 2.05) is 0 Å². The van der Waals surface area contributed by atoms with Crippen LogP contribution >= 0.6 is 0 Å². The first kappa shape index (κ1) is 13.4. The maximum Gasteiger partial charge on any atom is 0.335 e. The van der Waals surface area contributed by atoms with Crippen LogP contribution in [0.5, 0.6) is 0 Å². The average molecular weight is 286 g/mol. The zero-order chi connectivity index (χ0) is 15.0. The van der Waals surface area contributed by atoms with Crippen molar-refractivity contribution in [1.29, 1.82) is 0 Å². The SMILES string of the molecule is NCc1ccc(C(=O)N2CCc3cc(C(=O)O)ccc32)o1. The predicted octanol–water partition coefficient (Wildman–Crippen LogP) is 1.64. The number of carbonyl (C=O) groups is 2. The van der Waals surface area contributed by atoms with E-state index in [0.717, 1.165) is 11.3 Å². The molecule has 0 unspecified atom stereocenters. The Hall–Kier alpha value is -2.60. The summed E-state index contributed by atoms with van der Waals surface area (Å²) in [4.78, 5) is 25.0. The minimum absolute atomic E-state index is 0.228. The van der Waals surface area contributed by atoms with Crippen molar-refractivity contribution >= 4 is 17.6 Å². The Morgan fingerprint density at radius 2 is 2.10 bits per heavy atom. The van der Waals surface area contributed by atoms with Crippen LogP contribution in [-0.4, -0.2) is 23.5 Å². The van der Waals surface area contributed by atoms with Gasteiger partial charge in [0.2, 0.25) is 0 Å². The van der Waals surface area contributed by atoms with Gasteiger partial charge in [-0.05, 0) is 42.3 Å². The van der Waals surface area contributed by atoms with Crippen LogP contribution in [0.25, 0.3) is 0 Å².